The van der Waals surface area contributed by atoms with E-state index in [1.165, 1.54) is 12.1 Å². The molecule has 0 aromatic heterocycles. The van der Waals surface area contributed by atoms with Gasteiger partial charge in [-0.2, -0.15) is 0 Å². The second-order valence-corrected chi connectivity index (χ2v) is 4.78. The lowest BCUT2D eigenvalue weighted by Crippen LogP contribution is -2.24. The van der Waals surface area contributed by atoms with E-state index >= 15 is 0 Å². The first kappa shape index (κ1) is 13.6. The molecule has 94 valence electrons. The molecule has 0 fully saturated rings. The maximum absolute atomic E-state index is 10.5. The molecule has 4 heteroatoms. The molecule has 2 unspecified atom stereocenters. The largest absolute Gasteiger partial charge is 0.393 e. The molecule has 0 aliphatic rings. The van der Waals surface area contributed by atoms with Crippen LogP contribution in [0, 0.1) is 22.0 Å². The van der Waals surface area contributed by atoms with E-state index in [4.69, 9.17) is 0 Å². The smallest absolute Gasteiger partial charge is 0.269 e. The van der Waals surface area contributed by atoms with Gasteiger partial charge in [0.2, 0.25) is 0 Å². The summed E-state index contributed by atoms with van der Waals surface area (Å²) in [6, 6.07) is 6.54. The fourth-order valence-electron chi connectivity index (χ4n) is 1.99. The quantitative estimate of drug-likeness (QED) is 0.632. The summed E-state index contributed by atoms with van der Waals surface area (Å²) >= 11 is 0. The van der Waals surface area contributed by atoms with E-state index in [1.807, 2.05) is 0 Å². The second-order valence-electron chi connectivity index (χ2n) is 4.78. The number of non-ortho nitro benzene ring substituents is 1. The molecule has 0 aliphatic carbocycles. The summed E-state index contributed by atoms with van der Waals surface area (Å²) in [5.74, 6) is 0.557. The average molecular weight is 237 g/mol. The van der Waals surface area contributed by atoms with Crippen LogP contribution in [-0.4, -0.2) is 16.1 Å². The molecule has 4 nitrogen and oxygen atoms in total. The van der Waals surface area contributed by atoms with Crippen LogP contribution in [0.1, 0.15) is 26.3 Å². The zero-order valence-electron chi connectivity index (χ0n) is 10.5. The Labute approximate surface area is 101 Å². The predicted molar refractivity (Wildman–Crippen MR) is 66.8 cm³/mol. The first-order valence-electron chi connectivity index (χ1n) is 5.83. The Balaban J connectivity index is 2.77. The van der Waals surface area contributed by atoms with Crippen LogP contribution < -0.4 is 0 Å². The number of nitrogens with zero attached hydrogens (tertiary/aromatic N) is 1. The number of rotatable bonds is 5. The van der Waals surface area contributed by atoms with Crippen molar-refractivity contribution >= 4 is 5.69 Å². The summed E-state index contributed by atoms with van der Waals surface area (Å²) in [6.07, 6.45) is 0.373. The van der Waals surface area contributed by atoms with E-state index in [-0.39, 0.29) is 17.7 Å². The highest BCUT2D eigenvalue weighted by Crippen LogP contribution is 2.22. The highest BCUT2D eigenvalue weighted by Gasteiger charge is 2.19. The van der Waals surface area contributed by atoms with Crippen molar-refractivity contribution in [1.29, 1.82) is 0 Å². The summed E-state index contributed by atoms with van der Waals surface area (Å²) in [5, 5.41) is 20.2. The average Bonchev–Trinajstić information content (AvgIpc) is 2.25. The summed E-state index contributed by atoms with van der Waals surface area (Å²) in [5.41, 5.74) is 1.13. The molecule has 2 atom stereocenters. The van der Waals surface area contributed by atoms with Crippen LogP contribution in [0.15, 0.2) is 24.3 Å². The zero-order valence-corrected chi connectivity index (χ0v) is 10.5. The van der Waals surface area contributed by atoms with Gasteiger partial charge in [0, 0.05) is 12.1 Å². The van der Waals surface area contributed by atoms with Crippen LogP contribution in [0.25, 0.3) is 0 Å². The number of nitro groups is 1. The van der Waals surface area contributed by atoms with E-state index in [0.717, 1.165) is 12.0 Å². The molecule has 1 N–H and O–H groups in total. The standard InChI is InChI=1S/C13H19NO3/c1-9(2)13(10(3)15)8-11-4-6-12(7-5-11)14(16)17/h4-7,9-10,13,15H,8H2,1-3H3. The Morgan fingerprint density at radius 1 is 1.24 bits per heavy atom. The summed E-state index contributed by atoms with van der Waals surface area (Å²) in [7, 11) is 0. The third-order valence-electron chi connectivity index (χ3n) is 3.09. The number of hydrogen-bond acceptors (Lipinski definition) is 3. The Hall–Kier alpha value is -1.42. The van der Waals surface area contributed by atoms with E-state index < -0.39 is 4.92 Å². The number of hydrogen-bond donors (Lipinski definition) is 1. The molecule has 1 aromatic rings. The van der Waals surface area contributed by atoms with Crippen molar-refractivity contribution in [2.75, 3.05) is 0 Å². The molecule has 0 bridgehead atoms. The molecular formula is C13H19NO3. The van der Waals surface area contributed by atoms with Crippen LogP contribution in [0.2, 0.25) is 0 Å². The third-order valence-corrected chi connectivity index (χ3v) is 3.09. The lowest BCUT2D eigenvalue weighted by atomic mass is 9.85. The van der Waals surface area contributed by atoms with Crippen LogP contribution in [0.4, 0.5) is 5.69 Å². The van der Waals surface area contributed by atoms with E-state index in [2.05, 4.69) is 13.8 Å². The van der Waals surface area contributed by atoms with Crippen LogP contribution in [-0.2, 0) is 6.42 Å². The zero-order chi connectivity index (χ0) is 13.0. The van der Waals surface area contributed by atoms with Crippen molar-refractivity contribution in [3.63, 3.8) is 0 Å². The number of nitro benzene ring substituents is 1. The van der Waals surface area contributed by atoms with Gasteiger partial charge >= 0.3 is 0 Å². The van der Waals surface area contributed by atoms with Gasteiger partial charge in [-0.15, -0.1) is 0 Å². The van der Waals surface area contributed by atoms with Gasteiger partial charge in [-0.25, -0.2) is 0 Å². The molecule has 1 rings (SSSR count). The van der Waals surface area contributed by atoms with E-state index in [1.54, 1.807) is 19.1 Å². The Morgan fingerprint density at radius 2 is 1.76 bits per heavy atom. The number of aliphatic hydroxyl groups is 1. The topological polar surface area (TPSA) is 63.4 Å². The van der Waals surface area contributed by atoms with E-state index in [0.29, 0.717) is 5.92 Å². The molecule has 0 spiro atoms. The summed E-state index contributed by atoms with van der Waals surface area (Å²) in [6.45, 7) is 5.93. The lowest BCUT2D eigenvalue weighted by molar-refractivity contribution is -0.384. The number of aliphatic hydroxyl groups excluding tert-OH is 1. The van der Waals surface area contributed by atoms with Gasteiger partial charge in [0.25, 0.3) is 5.69 Å². The van der Waals surface area contributed by atoms with Crippen LogP contribution >= 0.6 is 0 Å². The molecule has 0 saturated carbocycles. The van der Waals surface area contributed by atoms with Gasteiger partial charge in [-0.1, -0.05) is 26.0 Å². The Kier molecular flexibility index (Phi) is 4.63. The van der Waals surface area contributed by atoms with Gasteiger partial charge < -0.3 is 5.11 Å². The molecular weight excluding hydrogens is 218 g/mol. The van der Waals surface area contributed by atoms with Gasteiger partial charge in [0.05, 0.1) is 11.0 Å². The minimum atomic E-state index is -0.404. The van der Waals surface area contributed by atoms with Gasteiger partial charge in [-0.05, 0) is 30.7 Å². The van der Waals surface area contributed by atoms with Gasteiger partial charge in [0.1, 0.15) is 0 Å². The first-order chi connectivity index (χ1) is 7.91. The highest BCUT2D eigenvalue weighted by atomic mass is 16.6. The fourth-order valence-corrected chi connectivity index (χ4v) is 1.99. The molecule has 0 radical (unpaired) electrons. The first-order valence-corrected chi connectivity index (χ1v) is 5.83. The highest BCUT2D eigenvalue weighted by molar-refractivity contribution is 5.33. The maximum Gasteiger partial charge on any atom is 0.269 e. The molecule has 0 aliphatic heterocycles. The number of benzene rings is 1. The Bertz CT molecular complexity index is 363. The SMILES string of the molecule is CC(C)C(Cc1ccc([N+](=O)[O-])cc1)C(C)O. The minimum absolute atomic E-state index is 0.104. The van der Waals surface area contributed by atoms with Crippen molar-refractivity contribution in [1.82, 2.24) is 0 Å². The van der Waals surface area contributed by atoms with Crippen molar-refractivity contribution < 1.29 is 10.0 Å². The molecule has 0 amide bonds. The van der Waals surface area contributed by atoms with Crippen molar-refractivity contribution in [2.45, 2.75) is 33.3 Å². The van der Waals surface area contributed by atoms with Crippen LogP contribution in [0.3, 0.4) is 0 Å². The minimum Gasteiger partial charge on any atom is -0.393 e. The monoisotopic (exact) mass is 237 g/mol. The van der Waals surface area contributed by atoms with Crippen LogP contribution in [0.5, 0.6) is 0 Å². The van der Waals surface area contributed by atoms with Crippen molar-refractivity contribution in [3.05, 3.63) is 39.9 Å². The summed E-state index contributed by atoms with van der Waals surface area (Å²) < 4.78 is 0. The normalized spacial score (nSPS) is 14.6. The molecule has 17 heavy (non-hydrogen) atoms. The molecule has 0 saturated heterocycles. The summed E-state index contributed by atoms with van der Waals surface area (Å²) in [4.78, 5) is 10.1. The van der Waals surface area contributed by atoms with Crippen molar-refractivity contribution in [2.24, 2.45) is 11.8 Å². The second kappa shape index (κ2) is 5.77. The fraction of sp³-hybridized carbons (Fsp3) is 0.538. The van der Waals surface area contributed by atoms with Gasteiger partial charge in [0.15, 0.2) is 0 Å². The third kappa shape index (κ3) is 3.82. The van der Waals surface area contributed by atoms with E-state index in [9.17, 15) is 15.2 Å². The maximum atomic E-state index is 10.5. The van der Waals surface area contributed by atoms with Gasteiger partial charge in [-0.3, -0.25) is 10.1 Å². The predicted octanol–water partition coefficient (Wildman–Crippen LogP) is 2.79. The lowest BCUT2D eigenvalue weighted by Gasteiger charge is -2.23. The Morgan fingerprint density at radius 3 is 2.12 bits per heavy atom. The van der Waals surface area contributed by atoms with Crippen molar-refractivity contribution in [3.8, 4) is 0 Å². The molecule has 0 heterocycles. The molecule has 1 aromatic carbocycles.